The van der Waals surface area contributed by atoms with E-state index in [1.165, 1.54) is 4.90 Å². The van der Waals surface area contributed by atoms with Crippen LogP contribution in [0, 0.1) is 0 Å². The molecule has 0 aliphatic carbocycles. The smallest absolute Gasteiger partial charge is 0.0835 e. The maximum atomic E-state index is 9.89. The highest BCUT2D eigenvalue weighted by Crippen LogP contribution is 2.22. The summed E-state index contributed by atoms with van der Waals surface area (Å²) in [7, 11) is 0. The second-order valence-corrected chi connectivity index (χ2v) is 5.24. The summed E-state index contributed by atoms with van der Waals surface area (Å²) in [4.78, 5) is 1.27. The highest BCUT2D eigenvalue weighted by atomic mass is 32.2. The van der Waals surface area contributed by atoms with Crippen molar-refractivity contribution in [3.05, 3.63) is 30.3 Å². The Bertz CT molecular complexity index is 296. The SMILES string of the molecule is O[C@@H](CCSc1ccccc1)[C@H]1CCCO1. The summed E-state index contributed by atoms with van der Waals surface area (Å²) < 4.78 is 5.46. The van der Waals surface area contributed by atoms with Crippen molar-refractivity contribution in [3.63, 3.8) is 0 Å². The molecule has 0 unspecified atom stereocenters. The third kappa shape index (κ3) is 3.51. The van der Waals surface area contributed by atoms with Crippen molar-refractivity contribution in [2.24, 2.45) is 0 Å². The van der Waals surface area contributed by atoms with Crippen LogP contribution < -0.4 is 0 Å². The highest BCUT2D eigenvalue weighted by Gasteiger charge is 2.23. The molecular weight excluding hydrogens is 220 g/mol. The van der Waals surface area contributed by atoms with Gasteiger partial charge in [-0.25, -0.2) is 0 Å². The van der Waals surface area contributed by atoms with Crippen LogP contribution in [0.3, 0.4) is 0 Å². The quantitative estimate of drug-likeness (QED) is 0.800. The number of aliphatic hydroxyl groups is 1. The topological polar surface area (TPSA) is 29.5 Å². The minimum atomic E-state index is -0.293. The Kier molecular flexibility index (Phi) is 4.69. The molecule has 0 amide bonds. The number of ether oxygens (including phenoxy) is 1. The monoisotopic (exact) mass is 238 g/mol. The van der Waals surface area contributed by atoms with Gasteiger partial charge in [0.25, 0.3) is 0 Å². The molecule has 1 aromatic carbocycles. The summed E-state index contributed by atoms with van der Waals surface area (Å²) in [5.74, 6) is 0.949. The third-order valence-electron chi connectivity index (χ3n) is 2.82. The Morgan fingerprint density at radius 3 is 2.88 bits per heavy atom. The molecule has 0 bridgehead atoms. The fourth-order valence-electron chi connectivity index (χ4n) is 1.91. The van der Waals surface area contributed by atoms with Gasteiger partial charge in [-0.05, 0) is 31.4 Å². The molecular formula is C13H18O2S. The Hall–Kier alpha value is -0.510. The van der Waals surface area contributed by atoms with E-state index >= 15 is 0 Å². The van der Waals surface area contributed by atoms with Gasteiger partial charge in [0, 0.05) is 17.3 Å². The third-order valence-corrected chi connectivity index (χ3v) is 3.86. The molecule has 1 saturated heterocycles. The second kappa shape index (κ2) is 6.28. The van der Waals surface area contributed by atoms with Crippen LogP contribution in [0.4, 0.5) is 0 Å². The fraction of sp³-hybridized carbons (Fsp3) is 0.538. The van der Waals surface area contributed by atoms with E-state index in [1.807, 2.05) is 18.2 Å². The van der Waals surface area contributed by atoms with Gasteiger partial charge in [0.1, 0.15) is 0 Å². The minimum absolute atomic E-state index is 0.0800. The lowest BCUT2D eigenvalue weighted by Gasteiger charge is -2.16. The van der Waals surface area contributed by atoms with Gasteiger partial charge in [-0.2, -0.15) is 0 Å². The minimum Gasteiger partial charge on any atom is -0.390 e. The summed E-state index contributed by atoms with van der Waals surface area (Å²) in [5.41, 5.74) is 0. The molecule has 0 spiro atoms. The standard InChI is InChI=1S/C13H18O2S/c14-12(13-7-4-9-15-13)8-10-16-11-5-2-1-3-6-11/h1-3,5-6,12-14H,4,7-10H2/t12-,13+/m0/s1. The molecule has 0 radical (unpaired) electrons. The van der Waals surface area contributed by atoms with E-state index < -0.39 is 0 Å². The van der Waals surface area contributed by atoms with Gasteiger partial charge in [-0.1, -0.05) is 18.2 Å². The van der Waals surface area contributed by atoms with Crippen molar-refractivity contribution in [2.45, 2.75) is 36.4 Å². The maximum Gasteiger partial charge on any atom is 0.0835 e. The lowest BCUT2D eigenvalue weighted by molar-refractivity contribution is -0.00221. The first kappa shape index (κ1) is 12.0. The molecule has 1 aromatic rings. The average Bonchev–Trinajstić information content (AvgIpc) is 2.84. The Labute approximate surface area is 101 Å². The normalized spacial score (nSPS) is 22.2. The first-order valence-electron chi connectivity index (χ1n) is 5.84. The van der Waals surface area contributed by atoms with Crippen molar-refractivity contribution in [1.29, 1.82) is 0 Å². The molecule has 1 N–H and O–H groups in total. The van der Waals surface area contributed by atoms with Crippen LogP contribution >= 0.6 is 11.8 Å². The molecule has 16 heavy (non-hydrogen) atoms. The predicted molar refractivity (Wildman–Crippen MR) is 66.8 cm³/mol. The van der Waals surface area contributed by atoms with Crippen LogP contribution in [0.15, 0.2) is 35.2 Å². The van der Waals surface area contributed by atoms with E-state index in [2.05, 4.69) is 12.1 Å². The lowest BCUT2D eigenvalue weighted by Crippen LogP contribution is -2.25. The van der Waals surface area contributed by atoms with Gasteiger partial charge in [-0.15, -0.1) is 11.8 Å². The van der Waals surface area contributed by atoms with Crippen molar-refractivity contribution in [1.82, 2.24) is 0 Å². The Morgan fingerprint density at radius 2 is 2.19 bits per heavy atom. The van der Waals surface area contributed by atoms with Gasteiger partial charge in [0.05, 0.1) is 12.2 Å². The molecule has 2 rings (SSSR count). The van der Waals surface area contributed by atoms with E-state index in [1.54, 1.807) is 11.8 Å². The van der Waals surface area contributed by atoms with E-state index in [0.29, 0.717) is 0 Å². The largest absolute Gasteiger partial charge is 0.390 e. The van der Waals surface area contributed by atoms with Crippen LogP contribution in [-0.2, 0) is 4.74 Å². The zero-order valence-corrected chi connectivity index (χ0v) is 10.2. The molecule has 1 aliphatic rings. The molecule has 1 fully saturated rings. The van der Waals surface area contributed by atoms with E-state index in [4.69, 9.17) is 4.74 Å². The van der Waals surface area contributed by atoms with E-state index in [9.17, 15) is 5.11 Å². The van der Waals surface area contributed by atoms with Gasteiger partial charge in [0.15, 0.2) is 0 Å². The number of thioether (sulfide) groups is 1. The van der Waals surface area contributed by atoms with Crippen LogP contribution in [0.1, 0.15) is 19.3 Å². The van der Waals surface area contributed by atoms with Crippen LogP contribution in [0.2, 0.25) is 0 Å². The summed E-state index contributed by atoms with van der Waals surface area (Å²) in [6.07, 6.45) is 2.70. The van der Waals surface area contributed by atoms with Crippen molar-refractivity contribution in [3.8, 4) is 0 Å². The molecule has 2 nitrogen and oxygen atoms in total. The van der Waals surface area contributed by atoms with Crippen LogP contribution in [0.5, 0.6) is 0 Å². The second-order valence-electron chi connectivity index (χ2n) is 4.07. The van der Waals surface area contributed by atoms with Crippen molar-refractivity contribution in [2.75, 3.05) is 12.4 Å². The first-order chi connectivity index (χ1) is 7.86. The Balaban J connectivity index is 1.67. The highest BCUT2D eigenvalue weighted by molar-refractivity contribution is 7.99. The first-order valence-corrected chi connectivity index (χ1v) is 6.82. The fourth-order valence-corrected chi connectivity index (χ4v) is 2.85. The zero-order valence-electron chi connectivity index (χ0n) is 9.34. The van der Waals surface area contributed by atoms with Crippen molar-refractivity contribution < 1.29 is 9.84 Å². The molecule has 88 valence electrons. The van der Waals surface area contributed by atoms with Crippen molar-refractivity contribution >= 4 is 11.8 Å². The average molecular weight is 238 g/mol. The lowest BCUT2D eigenvalue weighted by atomic mass is 10.1. The number of rotatable bonds is 5. The molecule has 1 aliphatic heterocycles. The van der Waals surface area contributed by atoms with E-state index in [0.717, 1.165) is 31.6 Å². The number of benzene rings is 1. The van der Waals surface area contributed by atoms with Crippen LogP contribution in [0.25, 0.3) is 0 Å². The van der Waals surface area contributed by atoms with Crippen LogP contribution in [-0.4, -0.2) is 29.7 Å². The summed E-state index contributed by atoms with van der Waals surface area (Å²) in [6, 6.07) is 10.3. The van der Waals surface area contributed by atoms with Gasteiger partial charge < -0.3 is 9.84 Å². The number of hydrogen-bond donors (Lipinski definition) is 1. The van der Waals surface area contributed by atoms with E-state index in [-0.39, 0.29) is 12.2 Å². The summed E-state index contributed by atoms with van der Waals surface area (Å²) in [5, 5.41) is 9.89. The van der Waals surface area contributed by atoms with Gasteiger partial charge in [0.2, 0.25) is 0 Å². The molecule has 0 saturated carbocycles. The zero-order chi connectivity index (χ0) is 11.2. The maximum absolute atomic E-state index is 9.89. The summed E-state index contributed by atoms with van der Waals surface area (Å²) >= 11 is 1.79. The number of hydrogen-bond acceptors (Lipinski definition) is 3. The summed E-state index contributed by atoms with van der Waals surface area (Å²) in [6.45, 7) is 0.813. The van der Waals surface area contributed by atoms with Gasteiger partial charge in [-0.3, -0.25) is 0 Å². The Morgan fingerprint density at radius 1 is 1.38 bits per heavy atom. The van der Waals surface area contributed by atoms with Gasteiger partial charge >= 0.3 is 0 Å². The molecule has 0 aromatic heterocycles. The molecule has 1 heterocycles. The number of aliphatic hydroxyl groups excluding tert-OH is 1. The predicted octanol–water partition coefficient (Wildman–Crippen LogP) is 2.71. The molecule has 3 heteroatoms. The molecule has 2 atom stereocenters.